The smallest absolute Gasteiger partial charge is 0.260 e. The number of aromatic nitrogens is 2. The summed E-state index contributed by atoms with van der Waals surface area (Å²) in [4.78, 5) is 18.9. The normalized spacial score (nSPS) is 19.9. The molecule has 1 aromatic rings. The molecule has 0 saturated heterocycles. The van der Waals surface area contributed by atoms with Crippen LogP contribution in [-0.4, -0.2) is 23.1 Å². The van der Waals surface area contributed by atoms with Crippen molar-refractivity contribution in [1.82, 2.24) is 9.97 Å². The molecular weight excluding hydrogens is 210 g/mol. The minimum absolute atomic E-state index is 0.0120. The predicted octanol–water partition coefficient (Wildman–Crippen LogP) is -0.217. The van der Waals surface area contributed by atoms with Crippen LogP contribution in [-0.2, 0) is 13.0 Å². The fraction of sp³-hybridized carbons (Fsp3) is 0.600. The van der Waals surface area contributed by atoms with E-state index < -0.39 is 0 Å². The summed E-state index contributed by atoms with van der Waals surface area (Å²) >= 11 is 4.95. The number of hydrogen-bond acceptors (Lipinski definition) is 2. The average molecular weight is 226 g/mol. The number of aromatic amines is 2. The number of quaternary nitrogens is 1. The highest BCUT2D eigenvalue weighted by Crippen LogP contribution is 2.02. The Balaban J connectivity index is 2.33. The lowest BCUT2D eigenvalue weighted by molar-refractivity contribution is -0.916. The highest BCUT2D eigenvalue weighted by Gasteiger charge is 2.21. The average Bonchev–Trinajstić information content (AvgIpc) is 2.19. The van der Waals surface area contributed by atoms with Gasteiger partial charge in [0, 0.05) is 12.1 Å². The molecule has 2 rings (SSSR count). The molecule has 1 aliphatic heterocycles. The third-order valence-corrected chi connectivity index (χ3v) is 3.09. The van der Waals surface area contributed by atoms with Crippen LogP contribution < -0.4 is 10.5 Å². The molecule has 2 heterocycles. The Morgan fingerprint density at radius 1 is 1.47 bits per heavy atom. The summed E-state index contributed by atoms with van der Waals surface area (Å²) in [7, 11) is 0. The monoisotopic (exact) mass is 226 g/mol. The molecule has 4 nitrogen and oxygen atoms in total. The summed E-state index contributed by atoms with van der Waals surface area (Å²) in [5, 5.41) is 0. The van der Waals surface area contributed by atoms with Crippen molar-refractivity contribution in [2.45, 2.75) is 26.3 Å². The van der Waals surface area contributed by atoms with E-state index in [-0.39, 0.29) is 5.56 Å². The molecule has 1 aliphatic rings. The van der Waals surface area contributed by atoms with Crippen LogP contribution in [0.2, 0.25) is 0 Å². The number of nitrogens with one attached hydrogen (secondary N) is 3. The quantitative estimate of drug-likeness (QED) is 0.611. The maximum absolute atomic E-state index is 11.7. The summed E-state index contributed by atoms with van der Waals surface area (Å²) in [5.74, 6) is 0. The molecular formula is C10H16N3OS+. The molecule has 82 valence electrons. The van der Waals surface area contributed by atoms with Crippen LogP contribution in [0.4, 0.5) is 0 Å². The third kappa shape index (κ3) is 2.18. The lowest BCUT2D eigenvalue weighted by Gasteiger charge is -2.24. The van der Waals surface area contributed by atoms with Crippen LogP contribution >= 0.6 is 12.2 Å². The van der Waals surface area contributed by atoms with E-state index in [1.54, 1.807) is 0 Å². The molecule has 3 N–H and O–H groups in total. The second-order valence-electron chi connectivity index (χ2n) is 4.04. The van der Waals surface area contributed by atoms with Gasteiger partial charge in [0.25, 0.3) is 5.56 Å². The van der Waals surface area contributed by atoms with E-state index in [0.29, 0.717) is 4.77 Å². The fourth-order valence-electron chi connectivity index (χ4n) is 2.17. The van der Waals surface area contributed by atoms with Crippen LogP contribution in [0.25, 0.3) is 0 Å². The summed E-state index contributed by atoms with van der Waals surface area (Å²) < 4.78 is 0.442. The van der Waals surface area contributed by atoms with Crippen molar-refractivity contribution in [1.29, 1.82) is 0 Å². The van der Waals surface area contributed by atoms with Gasteiger partial charge in [0.15, 0.2) is 4.77 Å². The van der Waals surface area contributed by atoms with Crippen LogP contribution in [0.1, 0.15) is 24.6 Å². The molecule has 0 amide bonds. The van der Waals surface area contributed by atoms with Crippen molar-refractivity contribution in [2.75, 3.05) is 13.1 Å². The maximum atomic E-state index is 11.7. The fourth-order valence-corrected chi connectivity index (χ4v) is 2.38. The van der Waals surface area contributed by atoms with E-state index >= 15 is 0 Å². The molecule has 0 aromatic carbocycles. The van der Waals surface area contributed by atoms with Gasteiger partial charge in [-0.2, -0.15) is 0 Å². The van der Waals surface area contributed by atoms with E-state index in [4.69, 9.17) is 12.2 Å². The lowest BCUT2D eigenvalue weighted by Crippen LogP contribution is -3.11. The van der Waals surface area contributed by atoms with Crippen molar-refractivity contribution >= 4 is 12.2 Å². The lowest BCUT2D eigenvalue weighted by atomic mass is 10.1. The third-order valence-electron chi connectivity index (χ3n) is 2.89. The first kappa shape index (κ1) is 10.6. The Labute approximate surface area is 93.3 Å². The molecule has 1 aromatic heterocycles. The topological polar surface area (TPSA) is 53.1 Å². The van der Waals surface area contributed by atoms with Gasteiger partial charge in [0.1, 0.15) is 6.54 Å². The van der Waals surface area contributed by atoms with Crippen LogP contribution in [0.3, 0.4) is 0 Å². The first-order valence-electron chi connectivity index (χ1n) is 5.38. The first-order valence-corrected chi connectivity index (χ1v) is 5.79. The number of fused-ring (bicyclic) bond motifs is 1. The van der Waals surface area contributed by atoms with Gasteiger partial charge in [0.2, 0.25) is 0 Å². The van der Waals surface area contributed by atoms with E-state index in [0.717, 1.165) is 43.7 Å². The van der Waals surface area contributed by atoms with Crippen molar-refractivity contribution in [2.24, 2.45) is 0 Å². The van der Waals surface area contributed by atoms with E-state index in [1.807, 2.05) is 0 Å². The van der Waals surface area contributed by atoms with Gasteiger partial charge in [0.05, 0.1) is 18.7 Å². The van der Waals surface area contributed by atoms with Crippen molar-refractivity contribution in [3.8, 4) is 0 Å². The molecule has 0 spiro atoms. The zero-order chi connectivity index (χ0) is 10.8. The Bertz CT molecular complexity index is 462. The predicted molar refractivity (Wildman–Crippen MR) is 60.6 cm³/mol. The Morgan fingerprint density at radius 3 is 3.00 bits per heavy atom. The second-order valence-corrected chi connectivity index (χ2v) is 4.45. The molecule has 1 unspecified atom stereocenters. The highest BCUT2D eigenvalue weighted by atomic mass is 32.1. The van der Waals surface area contributed by atoms with Gasteiger partial charge in [-0.25, -0.2) is 0 Å². The second kappa shape index (κ2) is 4.28. The standard InChI is InChI=1S/C10H15N3OS/c1-2-4-13-5-3-8-7(6-13)9(14)12-10(15)11-8/h2-6H2,1H3,(H2,11,12,14,15)/p+1. The summed E-state index contributed by atoms with van der Waals surface area (Å²) in [6, 6.07) is 0. The van der Waals surface area contributed by atoms with Crippen LogP contribution in [0.5, 0.6) is 0 Å². The summed E-state index contributed by atoms with van der Waals surface area (Å²) in [5.41, 5.74) is 1.91. The number of H-pyrrole nitrogens is 2. The zero-order valence-electron chi connectivity index (χ0n) is 8.85. The van der Waals surface area contributed by atoms with E-state index in [9.17, 15) is 4.79 Å². The Morgan fingerprint density at radius 2 is 2.27 bits per heavy atom. The number of hydrogen-bond donors (Lipinski definition) is 3. The molecule has 0 saturated carbocycles. The summed E-state index contributed by atoms with van der Waals surface area (Å²) in [6.07, 6.45) is 2.09. The van der Waals surface area contributed by atoms with Gasteiger partial charge in [-0.15, -0.1) is 0 Å². The first-order chi connectivity index (χ1) is 7.20. The van der Waals surface area contributed by atoms with Crippen molar-refractivity contribution < 1.29 is 4.90 Å². The van der Waals surface area contributed by atoms with E-state index in [2.05, 4.69) is 16.9 Å². The van der Waals surface area contributed by atoms with Gasteiger partial charge >= 0.3 is 0 Å². The largest absolute Gasteiger partial charge is 0.335 e. The van der Waals surface area contributed by atoms with Crippen LogP contribution in [0, 0.1) is 4.77 Å². The molecule has 0 radical (unpaired) electrons. The van der Waals surface area contributed by atoms with Gasteiger partial charge in [-0.1, -0.05) is 6.92 Å². The maximum Gasteiger partial charge on any atom is 0.260 e. The van der Waals surface area contributed by atoms with Gasteiger partial charge < -0.3 is 9.88 Å². The zero-order valence-corrected chi connectivity index (χ0v) is 9.67. The van der Waals surface area contributed by atoms with Crippen LogP contribution in [0.15, 0.2) is 4.79 Å². The molecule has 0 fully saturated rings. The summed E-state index contributed by atoms with van der Waals surface area (Å²) in [6.45, 7) is 5.22. The van der Waals surface area contributed by atoms with Crippen molar-refractivity contribution in [3.63, 3.8) is 0 Å². The minimum atomic E-state index is -0.0120. The van der Waals surface area contributed by atoms with Gasteiger partial charge in [-0.05, 0) is 18.6 Å². The SMILES string of the molecule is CCC[NH+]1CCc2[nH]c(=S)[nH]c(=O)c2C1. The van der Waals surface area contributed by atoms with Gasteiger partial charge in [-0.3, -0.25) is 9.78 Å². The van der Waals surface area contributed by atoms with E-state index in [1.165, 1.54) is 4.90 Å². The van der Waals surface area contributed by atoms with Crippen molar-refractivity contribution in [3.05, 3.63) is 26.4 Å². The molecule has 1 atom stereocenters. The Hall–Kier alpha value is -0.940. The number of rotatable bonds is 2. The molecule has 0 aliphatic carbocycles. The Kier molecular flexibility index (Phi) is 3.02. The molecule has 0 bridgehead atoms. The minimum Gasteiger partial charge on any atom is -0.335 e. The molecule has 5 heteroatoms. The molecule has 15 heavy (non-hydrogen) atoms. The highest BCUT2D eigenvalue weighted by molar-refractivity contribution is 7.71.